The van der Waals surface area contributed by atoms with Crippen molar-refractivity contribution in [3.63, 3.8) is 0 Å². The predicted molar refractivity (Wildman–Crippen MR) is 74.0 cm³/mol. The molecule has 0 heterocycles. The molecule has 3 unspecified atom stereocenters. The Hall–Kier alpha value is -1.26. The Morgan fingerprint density at radius 3 is 2.58 bits per heavy atom. The molecule has 110 valence electrons. The van der Waals surface area contributed by atoms with Gasteiger partial charge in [-0.15, -0.1) is 0 Å². The lowest BCUT2D eigenvalue weighted by Crippen LogP contribution is -2.45. The molecule has 3 atom stereocenters. The molecule has 0 bridgehead atoms. The Balaban J connectivity index is 2.46. The summed E-state index contributed by atoms with van der Waals surface area (Å²) in [6.07, 6.45) is 4.58. The van der Waals surface area contributed by atoms with Crippen molar-refractivity contribution in [3.8, 4) is 0 Å². The standard InChI is InChI=1S/C14H26N2O3/c1-4-10(2)16(3)14(19)15-9-11-7-5-6-8-12(11)13(17)18/h10-12H,4-9H2,1-3H3,(H,15,19)(H,17,18). The van der Waals surface area contributed by atoms with Crippen LogP contribution >= 0.6 is 0 Å². The summed E-state index contributed by atoms with van der Waals surface area (Å²) in [5.74, 6) is -0.960. The molecule has 1 saturated carbocycles. The summed E-state index contributed by atoms with van der Waals surface area (Å²) >= 11 is 0. The Kier molecular flexibility index (Phi) is 6.12. The van der Waals surface area contributed by atoms with E-state index in [2.05, 4.69) is 5.32 Å². The topological polar surface area (TPSA) is 69.6 Å². The molecule has 0 aromatic carbocycles. The summed E-state index contributed by atoms with van der Waals surface area (Å²) in [4.78, 5) is 24.8. The van der Waals surface area contributed by atoms with E-state index in [-0.39, 0.29) is 23.9 Å². The van der Waals surface area contributed by atoms with Crippen LogP contribution in [-0.4, -0.2) is 41.6 Å². The zero-order valence-electron chi connectivity index (χ0n) is 12.2. The molecule has 2 N–H and O–H groups in total. The van der Waals surface area contributed by atoms with E-state index in [4.69, 9.17) is 0 Å². The van der Waals surface area contributed by atoms with Crippen LogP contribution in [-0.2, 0) is 4.79 Å². The summed E-state index contributed by atoms with van der Waals surface area (Å²) in [5.41, 5.74) is 0. The predicted octanol–water partition coefficient (Wildman–Crippen LogP) is 2.32. The number of carboxylic acid groups (broad SMARTS) is 1. The third-order valence-corrected chi connectivity index (χ3v) is 4.31. The molecular weight excluding hydrogens is 244 g/mol. The van der Waals surface area contributed by atoms with Gasteiger partial charge in [0.05, 0.1) is 5.92 Å². The molecule has 0 spiro atoms. The second-order valence-electron chi connectivity index (χ2n) is 5.54. The van der Waals surface area contributed by atoms with Crippen LogP contribution in [0.3, 0.4) is 0 Å². The van der Waals surface area contributed by atoms with Crippen molar-refractivity contribution in [1.29, 1.82) is 0 Å². The smallest absolute Gasteiger partial charge is 0.317 e. The molecule has 1 fully saturated rings. The van der Waals surface area contributed by atoms with Gasteiger partial charge in [0.15, 0.2) is 0 Å². The first-order valence-corrected chi connectivity index (χ1v) is 7.20. The first kappa shape index (κ1) is 15.8. The first-order chi connectivity index (χ1) is 8.97. The molecule has 1 aliphatic carbocycles. The second kappa shape index (κ2) is 7.36. The van der Waals surface area contributed by atoms with Gasteiger partial charge < -0.3 is 15.3 Å². The maximum Gasteiger partial charge on any atom is 0.317 e. The van der Waals surface area contributed by atoms with E-state index in [0.717, 1.165) is 32.1 Å². The molecule has 0 saturated heterocycles. The van der Waals surface area contributed by atoms with Crippen molar-refractivity contribution in [2.45, 2.75) is 52.0 Å². The number of carbonyl (C=O) groups is 2. The summed E-state index contributed by atoms with van der Waals surface area (Å²) in [6, 6.07) is 0.0886. The van der Waals surface area contributed by atoms with Crippen LogP contribution < -0.4 is 5.32 Å². The van der Waals surface area contributed by atoms with Gasteiger partial charge in [-0.05, 0) is 32.1 Å². The molecule has 0 aromatic heterocycles. The van der Waals surface area contributed by atoms with E-state index in [1.54, 1.807) is 11.9 Å². The number of hydrogen-bond acceptors (Lipinski definition) is 2. The van der Waals surface area contributed by atoms with Crippen molar-refractivity contribution in [2.75, 3.05) is 13.6 Å². The van der Waals surface area contributed by atoms with E-state index >= 15 is 0 Å². The first-order valence-electron chi connectivity index (χ1n) is 7.20. The highest BCUT2D eigenvalue weighted by Gasteiger charge is 2.31. The Morgan fingerprint density at radius 2 is 2.00 bits per heavy atom. The molecule has 5 heteroatoms. The van der Waals surface area contributed by atoms with Gasteiger partial charge in [0.1, 0.15) is 0 Å². The summed E-state index contributed by atoms with van der Waals surface area (Å²) in [5, 5.41) is 12.1. The number of nitrogens with one attached hydrogen (secondary N) is 1. The maximum absolute atomic E-state index is 11.9. The number of urea groups is 1. The molecule has 19 heavy (non-hydrogen) atoms. The van der Waals surface area contributed by atoms with Gasteiger partial charge in [-0.25, -0.2) is 4.79 Å². The fourth-order valence-electron chi connectivity index (χ4n) is 2.59. The van der Waals surface area contributed by atoms with Crippen LogP contribution in [0.2, 0.25) is 0 Å². The molecule has 1 aliphatic rings. The average Bonchev–Trinajstić information content (AvgIpc) is 2.43. The monoisotopic (exact) mass is 270 g/mol. The largest absolute Gasteiger partial charge is 0.481 e. The van der Waals surface area contributed by atoms with Crippen LogP contribution in [0.4, 0.5) is 4.79 Å². The zero-order valence-corrected chi connectivity index (χ0v) is 12.2. The summed E-state index contributed by atoms with van der Waals surface area (Å²) in [6.45, 7) is 4.51. The van der Waals surface area contributed by atoms with Crippen molar-refractivity contribution < 1.29 is 14.7 Å². The molecule has 5 nitrogen and oxygen atoms in total. The number of hydrogen-bond donors (Lipinski definition) is 2. The van der Waals surface area contributed by atoms with Crippen molar-refractivity contribution in [1.82, 2.24) is 10.2 Å². The van der Waals surface area contributed by atoms with Gasteiger partial charge in [0, 0.05) is 19.6 Å². The van der Waals surface area contributed by atoms with Gasteiger partial charge in [0.2, 0.25) is 0 Å². The fraction of sp³-hybridized carbons (Fsp3) is 0.857. The van der Waals surface area contributed by atoms with Crippen LogP contribution in [0, 0.1) is 11.8 Å². The van der Waals surface area contributed by atoms with Gasteiger partial charge >= 0.3 is 12.0 Å². The number of amides is 2. The highest BCUT2D eigenvalue weighted by Crippen LogP contribution is 2.29. The van der Waals surface area contributed by atoms with E-state index < -0.39 is 5.97 Å². The SMILES string of the molecule is CCC(C)N(C)C(=O)NCC1CCCCC1C(=O)O. The molecule has 0 radical (unpaired) electrons. The summed E-state index contributed by atoms with van der Waals surface area (Å²) < 4.78 is 0. The van der Waals surface area contributed by atoms with Crippen LogP contribution in [0.5, 0.6) is 0 Å². The van der Waals surface area contributed by atoms with Crippen LogP contribution in [0.1, 0.15) is 46.0 Å². The quantitative estimate of drug-likeness (QED) is 0.805. The minimum atomic E-state index is -0.728. The Morgan fingerprint density at radius 1 is 1.37 bits per heavy atom. The third kappa shape index (κ3) is 4.40. The Labute approximate surface area is 115 Å². The fourth-order valence-corrected chi connectivity index (χ4v) is 2.59. The number of rotatable bonds is 5. The van der Waals surface area contributed by atoms with E-state index in [0.29, 0.717) is 6.54 Å². The van der Waals surface area contributed by atoms with Crippen molar-refractivity contribution in [2.24, 2.45) is 11.8 Å². The minimum absolute atomic E-state index is 0.0699. The molecule has 1 rings (SSSR count). The van der Waals surface area contributed by atoms with Crippen molar-refractivity contribution in [3.05, 3.63) is 0 Å². The van der Waals surface area contributed by atoms with Crippen LogP contribution in [0.15, 0.2) is 0 Å². The highest BCUT2D eigenvalue weighted by atomic mass is 16.4. The van der Waals surface area contributed by atoms with E-state index in [9.17, 15) is 14.7 Å². The summed E-state index contributed by atoms with van der Waals surface area (Å²) in [7, 11) is 1.78. The number of aliphatic carboxylic acids is 1. The average molecular weight is 270 g/mol. The molecule has 2 amide bonds. The minimum Gasteiger partial charge on any atom is -0.481 e. The lowest BCUT2D eigenvalue weighted by Gasteiger charge is -2.30. The number of nitrogens with zero attached hydrogens (tertiary/aromatic N) is 1. The third-order valence-electron chi connectivity index (χ3n) is 4.31. The maximum atomic E-state index is 11.9. The van der Waals surface area contributed by atoms with Gasteiger partial charge in [0.25, 0.3) is 0 Å². The van der Waals surface area contributed by atoms with Gasteiger partial charge in [-0.2, -0.15) is 0 Å². The van der Waals surface area contributed by atoms with E-state index in [1.807, 2.05) is 13.8 Å². The molecular formula is C14H26N2O3. The van der Waals surface area contributed by atoms with Crippen molar-refractivity contribution >= 4 is 12.0 Å². The highest BCUT2D eigenvalue weighted by molar-refractivity contribution is 5.74. The zero-order chi connectivity index (χ0) is 14.4. The lowest BCUT2D eigenvalue weighted by atomic mass is 9.79. The van der Waals surface area contributed by atoms with E-state index in [1.165, 1.54) is 0 Å². The number of carbonyl (C=O) groups excluding carboxylic acids is 1. The lowest BCUT2D eigenvalue weighted by molar-refractivity contribution is -0.144. The number of carboxylic acids is 1. The van der Waals surface area contributed by atoms with Gasteiger partial charge in [-0.1, -0.05) is 19.8 Å². The Bertz CT molecular complexity index is 320. The molecule has 0 aliphatic heterocycles. The van der Waals surface area contributed by atoms with Crippen LogP contribution in [0.25, 0.3) is 0 Å². The second-order valence-corrected chi connectivity index (χ2v) is 5.54. The van der Waals surface area contributed by atoms with Gasteiger partial charge in [-0.3, -0.25) is 4.79 Å². The molecule has 0 aromatic rings. The normalized spacial score (nSPS) is 24.6.